The van der Waals surface area contributed by atoms with Gasteiger partial charge in [-0.2, -0.15) is 0 Å². The fourth-order valence-corrected chi connectivity index (χ4v) is 0.556. The summed E-state index contributed by atoms with van der Waals surface area (Å²) in [4.78, 5) is 21.1. The van der Waals surface area contributed by atoms with E-state index in [1.165, 1.54) is 6.92 Å². The third-order valence-electron chi connectivity index (χ3n) is 1.33. The Kier molecular flexibility index (Phi) is 4.83. The Labute approximate surface area is 71.1 Å². The van der Waals surface area contributed by atoms with Crippen LogP contribution < -0.4 is 10.6 Å². The molecule has 1 atom stereocenters. The van der Waals surface area contributed by atoms with E-state index in [0.717, 1.165) is 0 Å². The van der Waals surface area contributed by atoms with Gasteiger partial charge in [-0.1, -0.05) is 6.92 Å². The number of amides is 2. The second-order valence-corrected chi connectivity index (χ2v) is 2.48. The Morgan fingerprint density at radius 2 is 2.00 bits per heavy atom. The highest BCUT2D eigenvalue weighted by Crippen LogP contribution is 1.90. The van der Waals surface area contributed by atoms with Crippen molar-refractivity contribution in [3.8, 4) is 0 Å². The summed E-state index contributed by atoms with van der Waals surface area (Å²) in [6.45, 7) is 4.02. The minimum absolute atomic E-state index is 0.154. The van der Waals surface area contributed by atoms with Gasteiger partial charge >= 0.3 is 12.0 Å². The molecule has 0 aliphatic heterocycles. The van der Waals surface area contributed by atoms with Gasteiger partial charge < -0.3 is 15.7 Å². The maximum Gasteiger partial charge on any atom is 0.314 e. The van der Waals surface area contributed by atoms with Crippen LogP contribution in [0.5, 0.6) is 0 Å². The smallest absolute Gasteiger partial charge is 0.314 e. The average Bonchev–Trinajstić information content (AvgIpc) is 2.00. The minimum Gasteiger partial charge on any atom is -0.481 e. The van der Waals surface area contributed by atoms with Gasteiger partial charge in [-0.05, 0) is 6.92 Å². The summed E-state index contributed by atoms with van der Waals surface area (Å²) in [5.74, 6) is -1.46. The molecule has 5 nitrogen and oxygen atoms in total. The molecule has 0 aliphatic carbocycles. The van der Waals surface area contributed by atoms with E-state index in [2.05, 4.69) is 10.6 Å². The van der Waals surface area contributed by atoms with Gasteiger partial charge in [0.05, 0.1) is 5.92 Å². The zero-order valence-electron chi connectivity index (χ0n) is 7.26. The summed E-state index contributed by atoms with van der Waals surface area (Å²) in [6, 6.07) is -0.328. The Morgan fingerprint density at radius 3 is 2.42 bits per heavy atom. The third kappa shape index (κ3) is 4.54. The van der Waals surface area contributed by atoms with Gasteiger partial charge in [0.1, 0.15) is 0 Å². The summed E-state index contributed by atoms with van der Waals surface area (Å²) in [5.41, 5.74) is 0. The molecule has 0 aliphatic rings. The van der Waals surface area contributed by atoms with Crippen LogP contribution >= 0.6 is 0 Å². The Balaban J connectivity index is 3.54. The van der Waals surface area contributed by atoms with Crippen LogP contribution in [0.15, 0.2) is 0 Å². The second kappa shape index (κ2) is 5.40. The maximum atomic E-state index is 10.8. The quantitative estimate of drug-likeness (QED) is 0.562. The first kappa shape index (κ1) is 10.7. The Hall–Kier alpha value is -1.26. The van der Waals surface area contributed by atoms with E-state index in [-0.39, 0.29) is 12.6 Å². The lowest BCUT2D eigenvalue weighted by molar-refractivity contribution is -0.140. The Bertz CT molecular complexity index is 170. The van der Waals surface area contributed by atoms with E-state index in [1.807, 2.05) is 0 Å². The molecule has 0 rings (SSSR count). The highest BCUT2D eigenvalue weighted by atomic mass is 16.4. The number of aliphatic carboxylic acids is 1. The fourth-order valence-electron chi connectivity index (χ4n) is 0.556. The van der Waals surface area contributed by atoms with E-state index in [9.17, 15) is 9.59 Å². The lowest BCUT2D eigenvalue weighted by Gasteiger charge is -2.08. The lowest BCUT2D eigenvalue weighted by Crippen LogP contribution is -2.39. The van der Waals surface area contributed by atoms with Crippen LogP contribution in [-0.4, -0.2) is 30.2 Å². The van der Waals surface area contributed by atoms with Gasteiger partial charge in [-0.25, -0.2) is 4.79 Å². The van der Waals surface area contributed by atoms with Crippen molar-refractivity contribution in [1.82, 2.24) is 10.6 Å². The highest BCUT2D eigenvalue weighted by Gasteiger charge is 2.10. The van der Waals surface area contributed by atoms with Crippen LogP contribution in [-0.2, 0) is 4.79 Å². The number of carbonyl (C=O) groups is 2. The minimum atomic E-state index is -0.910. The first-order chi connectivity index (χ1) is 5.57. The number of hydrogen-bond donors (Lipinski definition) is 3. The van der Waals surface area contributed by atoms with Gasteiger partial charge in [0, 0.05) is 13.1 Å². The maximum absolute atomic E-state index is 10.8. The van der Waals surface area contributed by atoms with Crippen LogP contribution in [0.1, 0.15) is 13.8 Å². The SMILES string of the molecule is CCNC(=O)NCC(C)C(=O)O. The summed E-state index contributed by atoms with van der Waals surface area (Å²) in [5, 5.41) is 13.4. The molecule has 0 fully saturated rings. The summed E-state index contributed by atoms with van der Waals surface area (Å²) >= 11 is 0. The normalized spacial score (nSPS) is 11.8. The molecule has 0 radical (unpaired) electrons. The summed E-state index contributed by atoms with van der Waals surface area (Å²) < 4.78 is 0. The van der Waals surface area contributed by atoms with E-state index in [0.29, 0.717) is 6.54 Å². The zero-order chi connectivity index (χ0) is 9.56. The molecule has 2 amide bonds. The van der Waals surface area contributed by atoms with Gasteiger partial charge in [0.15, 0.2) is 0 Å². The van der Waals surface area contributed by atoms with Crippen molar-refractivity contribution in [3.63, 3.8) is 0 Å². The monoisotopic (exact) mass is 174 g/mol. The first-order valence-corrected chi connectivity index (χ1v) is 3.82. The van der Waals surface area contributed by atoms with Crippen LogP contribution in [0.25, 0.3) is 0 Å². The number of urea groups is 1. The molecule has 0 aromatic carbocycles. The van der Waals surface area contributed by atoms with Gasteiger partial charge in [-0.15, -0.1) is 0 Å². The predicted octanol–water partition coefficient (Wildman–Crippen LogP) is 0.0262. The molecule has 0 saturated heterocycles. The number of hydrogen-bond acceptors (Lipinski definition) is 2. The fraction of sp³-hybridized carbons (Fsp3) is 0.714. The molecular weight excluding hydrogens is 160 g/mol. The van der Waals surface area contributed by atoms with Crippen molar-refractivity contribution in [2.24, 2.45) is 5.92 Å². The van der Waals surface area contributed by atoms with Gasteiger partial charge in [0.2, 0.25) is 0 Å². The number of carbonyl (C=O) groups excluding carboxylic acids is 1. The molecule has 12 heavy (non-hydrogen) atoms. The standard InChI is InChI=1S/C7H14N2O3/c1-3-8-7(12)9-4-5(2)6(10)11/h5H,3-4H2,1-2H3,(H,10,11)(H2,8,9,12). The molecule has 5 heteroatoms. The van der Waals surface area contributed by atoms with Crippen LogP contribution in [0.3, 0.4) is 0 Å². The molecular formula is C7H14N2O3. The number of carboxylic acids is 1. The number of nitrogens with one attached hydrogen (secondary N) is 2. The molecule has 70 valence electrons. The highest BCUT2D eigenvalue weighted by molar-refractivity contribution is 5.75. The molecule has 0 aromatic rings. The van der Waals surface area contributed by atoms with E-state index in [4.69, 9.17) is 5.11 Å². The first-order valence-electron chi connectivity index (χ1n) is 3.82. The van der Waals surface area contributed by atoms with Crippen molar-refractivity contribution in [2.45, 2.75) is 13.8 Å². The van der Waals surface area contributed by atoms with Crippen LogP contribution in [0, 0.1) is 5.92 Å². The van der Waals surface area contributed by atoms with Crippen molar-refractivity contribution < 1.29 is 14.7 Å². The second-order valence-electron chi connectivity index (χ2n) is 2.48. The lowest BCUT2D eigenvalue weighted by atomic mass is 10.2. The molecule has 1 unspecified atom stereocenters. The molecule has 0 saturated carbocycles. The zero-order valence-corrected chi connectivity index (χ0v) is 7.26. The third-order valence-corrected chi connectivity index (χ3v) is 1.33. The molecule has 0 spiro atoms. The Morgan fingerprint density at radius 1 is 1.42 bits per heavy atom. The van der Waals surface area contributed by atoms with Crippen LogP contribution in [0.4, 0.5) is 4.79 Å². The van der Waals surface area contributed by atoms with Crippen molar-refractivity contribution >= 4 is 12.0 Å². The van der Waals surface area contributed by atoms with Crippen molar-refractivity contribution in [3.05, 3.63) is 0 Å². The van der Waals surface area contributed by atoms with E-state index < -0.39 is 11.9 Å². The summed E-state index contributed by atoms with van der Waals surface area (Å²) in [7, 11) is 0. The predicted molar refractivity (Wildman–Crippen MR) is 43.9 cm³/mol. The van der Waals surface area contributed by atoms with Gasteiger partial charge in [0.25, 0.3) is 0 Å². The molecule has 0 aromatic heterocycles. The average molecular weight is 174 g/mol. The topological polar surface area (TPSA) is 78.4 Å². The largest absolute Gasteiger partial charge is 0.481 e. The van der Waals surface area contributed by atoms with Crippen molar-refractivity contribution in [1.29, 1.82) is 0 Å². The number of rotatable bonds is 4. The molecule has 0 heterocycles. The molecule has 0 bridgehead atoms. The van der Waals surface area contributed by atoms with Gasteiger partial charge in [-0.3, -0.25) is 4.79 Å². The summed E-state index contributed by atoms with van der Waals surface area (Å²) in [6.07, 6.45) is 0. The van der Waals surface area contributed by atoms with Crippen molar-refractivity contribution in [2.75, 3.05) is 13.1 Å². The van der Waals surface area contributed by atoms with E-state index in [1.54, 1.807) is 6.92 Å². The van der Waals surface area contributed by atoms with Crippen LogP contribution in [0.2, 0.25) is 0 Å². The van der Waals surface area contributed by atoms with E-state index >= 15 is 0 Å². The number of carboxylic acid groups (broad SMARTS) is 1. The molecule has 3 N–H and O–H groups in total.